The highest BCUT2D eigenvalue weighted by molar-refractivity contribution is 7.99. The number of pyridine rings is 1. The smallest absolute Gasteiger partial charge is 0.272 e. The molecule has 160 valence electrons. The van der Waals surface area contributed by atoms with Crippen LogP contribution in [0.2, 0.25) is 5.02 Å². The first kappa shape index (κ1) is 21.8. The van der Waals surface area contributed by atoms with Gasteiger partial charge in [-0.05, 0) is 29.7 Å². The van der Waals surface area contributed by atoms with Gasteiger partial charge in [0.15, 0.2) is 5.16 Å². The number of rotatable bonds is 7. The summed E-state index contributed by atoms with van der Waals surface area (Å²) in [7, 11) is 0. The summed E-state index contributed by atoms with van der Waals surface area (Å²) >= 11 is 8.78. The summed E-state index contributed by atoms with van der Waals surface area (Å²) in [5, 5.41) is 4.90. The topological polar surface area (TPSA) is 76.9 Å². The minimum Gasteiger partial charge on any atom is -0.351 e. The van der Waals surface area contributed by atoms with E-state index in [1.54, 1.807) is 16.8 Å². The van der Waals surface area contributed by atoms with Crippen LogP contribution >= 0.6 is 34.7 Å². The van der Waals surface area contributed by atoms with Gasteiger partial charge in [0.1, 0.15) is 9.53 Å². The summed E-state index contributed by atoms with van der Waals surface area (Å²) in [6.07, 6.45) is 1.71. The van der Waals surface area contributed by atoms with Crippen molar-refractivity contribution >= 4 is 61.0 Å². The van der Waals surface area contributed by atoms with E-state index in [0.29, 0.717) is 33.5 Å². The molecular formula is C22H21ClN4O2S2. The molecule has 0 saturated carbocycles. The van der Waals surface area contributed by atoms with Crippen LogP contribution in [0.4, 0.5) is 0 Å². The van der Waals surface area contributed by atoms with Gasteiger partial charge in [0.2, 0.25) is 5.91 Å². The van der Waals surface area contributed by atoms with E-state index in [2.05, 4.69) is 10.3 Å². The SMILES string of the molecule is CC(C)Cn1c(SCC(=O)NCc2ccccc2Cl)nc2c(sc3ncccc32)c1=O. The Hall–Kier alpha value is -2.42. The molecule has 4 aromatic rings. The van der Waals surface area contributed by atoms with E-state index < -0.39 is 0 Å². The molecule has 1 aromatic carbocycles. The second-order valence-electron chi connectivity index (χ2n) is 7.50. The zero-order valence-electron chi connectivity index (χ0n) is 17.1. The summed E-state index contributed by atoms with van der Waals surface area (Å²) in [6, 6.07) is 11.2. The Balaban J connectivity index is 1.59. The van der Waals surface area contributed by atoms with Crippen molar-refractivity contribution in [3.63, 3.8) is 0 Å². The van der Waals surface area contributed by atoms with Crippen molar-refractivity contribution in [1.82, 2.24) is 19.9 Å². The summed E-state index contributed by atoms with van der Waals surface area (Å²) in [6.45, 7) is 4.99. The van der Waals surface area contributed by atoms with Gasteiger partial charge in [0.25, 0.3) is 5.56 Å². The first-order chi connectivity index (χ1) is 14.9. The molecule has 0 aliphatic heterocycles. The molecule has 0 atom stereocenters. The fourth-order valence-corrected chi connectivity index (χ4v) is 5.26. The minimum absolute atomic E-state index is 0.0827. The predicted octanol–water partition coefficient (Wildman–Crippen LogP) is 4.72. The Kier molecular flexibility index (Phi) is 6.60. The van der Waals surface area contributed by atoms with Crippen molar-refractivity contribution in [2.45, 2.75) is 32.1 Å². The summed E-state index contributed by atoms with van der Waals surface area (Å²) in [5.41, 5.74) is 1.42. The number of hydrogen-bond acceptors (Lipinski definition) is 6. The van der Waals surface area contributed by atoms with E-state index in [4.69, 9.17) is 16.6 Å². The van der Waals surface area contributed by atoms with Gasteiger partial charge in [-0.1, -0.05) is 55.4 Å². The first-order valence-electron chi connectivity index (χ1n) is 9.85. The molecule has 0 fully saturated rings. The number of nitrogens with one attached hydrogen (secondary N) is 1. The van der Waals surface area contributed by atoms with E-state index in [-0.39, 0.29) is 23.1 Å². The third-order valence-corrected chi connectivity index (χ3v) is 7.07. The molecule has 0 aliphatic rings. The Morgan fingerprint density at radius 2 is 2.06 bits per heavy atom. The zero-order valence-corrected chi connectivity index (χ0v) is 19.5. The van der Waals surface area contributed by atoms with Gasteiger partial charge in [0, 0.05) is 29.7 Å². The third kappa shape index (κ3) is 4.76. The molecule has 9 heteroatoms. The van der Waals surface area contributed by atoms with Gasteiger partial charge >= 0.3 is 0 Å². The highest BCUT2D eigenvalue weighted by atomic mass is 35.5. The van der Waals surface area contributed by atoms with E-state index in [1.807, 2.05) is 44.2 Å². The number of carbonyl (C=O) groups excluding carboxylic acids is 1. The molecular weight excluding hydrogens is 452 g/mol. The molecule has 0 saturated heterocycles. The molecule has 1 N–H and O–H groups in total. The fourth-order valence-electron chi connectivity index (χ4n) is 3.19. The predicted molar refractivity (Wildman–Crippen MR) is 128 cm³/mol. The van der Waals surface area contributed by atoms with Crippen molar-refractivity contribution in [2.75, 3.05) is 5.75 Å². The van der Waals surface area contributed by atoms with Gasteiger partial charge in [-0.2, -0.15) is 0 Å². The van der Waals surface area contributed by atoms with E-state index in [1.165, 1.54) is 23.1 Å². The molecule has 0 unspecified atom stereocenters. The van der Waals surface area contributed by atoms with Gasteiger partial charge in [-0.15, -0.1) is 11.3 Å². The number of thioether (sulfide) groups is 1. The van der Waals surface area contributed by atoms with Crippen LogP contribution in [0.5, 0.6) is 0 Å². The molecule has 0 radical (unpaired) electrons. The van der Waals surface area contributed by atoms with Crippen molar-refractivity contribution < 1.29 is 4.79 Å². The molecule has 3 heterocycles. The summed E-state index contributed by atoms with van der Waals surface area (Å²) < 4.78 is 2.27. The van der Waals surface area contributed by atoms with Crippen LogP contribution in [-0.4, -0.2) is 26.2 Å². The molecule has 6 nitrogen and oxygen atoms in total. The van der Waals surface area contributed by atoms with E-state index in [0.717, 1.165) is 15.8 Å². The van der Waals surface area contributed by atoms with Crippen LogP contribution in [0.25, 0.3) is 20.4 Å². The second kappa shape index (κ2) is 9.38. The molecule has 4 rings (SSSR count). The molecule has 0 aliphatic carbocycles. The maximum absolute atomic E-state index is 13.2. The Bertz CT molecular complexity index is 1320. The molecule has 3 aromatic heterocycles. The largest absolute Gasteiger partial charge is 0.351 e. The highest BCUT2D eigenvalue weighted by Crippen LogP contribution is 2.30. The van der Waals surface area contributed by atoms with Crippen molar-refractivity contribution in [3.05, 3.63) is 63.5 Å². The van der Waals surface area contributed by atoms with Crippen LogP contribution in [-0.2, 0) is 17.9 Å². The normalized spacial score (nSPS) is 11.5. The Morgan fingerprint density at radius 1 is 1.26 bits per heavy atom. The van der Waals surface area contributed by atoms with Gasteiger partial charge in [-0.25, -0.2) is 9.97 Å². The standard InChI is InChI=1S/C22H21ClN4O2S2/c1-13(2)11-27-21(29)19-18(15-7-5-9-24-20(15)31-19)26-22(27)30-12-17(28)25-10-14-6-3-4-8-16(14)23/h3-9,13H,10-12H2,1-2H3,(H,25,28). The molecule has 0 bridgehead atoms. The van der Waals surface area contributed by atoms with Crippen molar-refractivity contribution in [1.29, 1.82) is 0 Å². The van der Waals surface area contributed by atoms with Gasteiger partial charge in [0.05, 0.1) is 11.3 Å². The fraction of sp³-hybridized carbons (Fsp3) is 0.273. The van der Waals surface area contributed by atoms with Crippen molar-refractivity contribution in [2.24, 2.45) is 5.92 Å². The Labute approximate surface area is 192 Å². The number of hydrogen-bond donors (Lipinski definition) is 1. The first-order valence-corrected chi connectivity index (χ1v) is 12.0. The van der Waals surface area contributed by atoms with Gasteiger partial charge < -0.3 is 5.32 Å². The average molecular weight is 473 g/mol. The maximum Gasteiger partial charge on any atom is 0.272 e. The lowest BCUT2D eigenvalue weighted by Gasteiger charge is -2.14. The number of nitrogens with zero attached hydrogens (tertiary/aromatic N) is 3. The summed E-state index contributed by atoms with van der Waals surface area (Å²) in [5.74, 6) is 0.269. The lowest BCUT2D eigenvalue weighted by molar-refractivity contribution is -0.118. The number of carbonyl (C=O) groups is 1. The van der Waals surface area contributed by atoms with Crippen LogP contribution in [0.15, 0.2) is 52.5 Å². The second-order valence-corrected chi connectivity index (χ2v) is 9.85. The van der Waals surface area contributed by atoms with E-state index >= 15 is 0 Å². The average Bonchev–Trinajstić information content (AvgIpc) is 3.12. The number of fused-ring (bicyclic) bond motifs is 3. The number of halogens is 1. The number of benzene rings is 1. The zero-order chi connectivity index (χ0) is 22.0. The number of thiophene rings is 1. The van der Waals surface area contributed by atoms with Gasteiger partial charge in [-0.3, -0.25) is 14.2 Å². The maximum atomic E-state index is 13.2. The van der Waals surface area contributed by atoms with Crippen LogP contribution < -0.4 is 10.9 Å². The van der Waals surface area contributed by atoms with E-state index in [9.17, 15) is 9.59 Å². The number of amides is 1. The summed E-state index contributed by atoms with van der Waals surface area (Å²) in [4.78, 5) is 35.6. The van der Waals surface area contributed by atoms with Crippen LogP contribution in [0, 0.1) is 5.92 Å². The lowest BCUT2D eigenvalue weighted by atomic mass is 10.2. The van der Waals surface area contributed by atoms with Crippen molar-refractivity contribution in [3.8, 4) is 0 Å². The molecule has 1 amide bonds. The number of aromatic nitrogens is 3. The molecule has 31 heavy (non-hydrogen) atoms. The molecule has 0 spiro atoms. The van der Waals surface area contributed by atoms with Crippen LogP contribution in [0.1, 0.15) is 19.4 Å². The Morgan fingerprint density at radius 3 is 2.84 bits per heavy atom. The highest BCUT2D eigenvalue weighted by Gasteiger charge is 2.18. The third-order valence-electron chi connectivity index (χ3n) is 4.63. The monoisotopic (exact) mass is 472 g/mol. The lowest BCUT2D eigenvalue weighted by Crippen LogP contribution is -2.27. The van der Waals surface area contributed by atoms with Crippen LogP contribution in [0.3, 0.4) is 0 Å². The quantitative estimate of drug-likeness (QED) is 0.311. The minimum atomic E-state index is -0.146.